The highest BCUT2D eigenvalue weighted by Crippen LogP contribution is 2.59. The van der Waals surface area contributed by atoms with Crippen molar-refractivity contribution in [1.82, 2.24) is 0 Å². The molecule has 2 N–H and O–H groups in total. The summed E-state index contributed by atoms with van der Waals surface area (Å²) < 4.78 is 0. The van der Waals surface area contributed by atoms with E-state index in [4.69, 9.17) is 0 Å². The lowest BCUT2D eigenvalue weighted by molar-refractivity contribution is -0.0627. The molecule has 3 aliphatic carbocycles. The highest BCUT2D eigenvalue weighted by molar-refractivity contribution is 5.36. The van der Waals surface area contributed by atoms with Crippen molar-refractivity contribution < 1.29 is 10.2 Å². The van der Waals surface area contributed by atoms with Crippen LogP contribution in [-0.4, -0.2) is 21.9 Å². The summed E-state index contributed by atoms with van der Waals surface area (Å²) in [7, 11) is 0. The molecule has 0 radical (unpaired) electrons. The van der Waals surface area contributed by atoms with Gasteiger partial charge in [0.25, 0.3) is 0 Å². The molecule has 0 spiro atoms. The van der Waals surface area contributed by atoms with Crippen LogP contribution in [0.15, 0.2) is 34.9 Å². The van der Waals surface area contributed by atoms with Crippen LogP contribution in [0.2, 0.25) is 0 Å². The Balaban J connectivity index is 1.72. The molecule has 2 nitrogen and oxygen atoms in total. The minimum absolute atomic E-state index is 0.180. The zero-order valence-electron chi connectivity index (χ0n) is 19.5. The van der Waals surface area contributed by atoms with Gasteiger partial charge in [0.15, 0.2) is 0 Å². The summed E-state index contributed by atoms with van der Waals surface area (Å²) in [6.07, 6.45) is 17.5. The highest BCUT2D eigenvalue weighted by atomic mass is 16.3. The lowest BCUT2D eigenvalue weighted by Gasteiger charge is -2.46. The van der Waals surface area contributed by atoms with Crippen molar-refractivity contribution in [2.24, 2.45) is 23.2 Å². The van der Waals surface area contributed by atoms with E-state index in [1.165, 1.54) is 36.0 Å². The van der Waals surface area contributed by atoms with Crippen LogP contribution >= 0.6 is 0 Å². The molecule has 0 aromatic heterocycles. The molecule has 0 unspecified atom stereocenters. The predicted molar refractivity (Wildman–Crippen MR) is 123 cm³/mol. The van der Waals surface area contributed by atoms with Gasteiger partial charge in [0.1, 0.15) is 0 Å². The van der Waals surface area contributed by atoms with Crippen molar-refractivity contribution in [2.75, 3.05) is 0 Å². The summed E-state index contributed by atoms with van der Waals surface area (Å²) in [5.41, 5.74) is 3.87. The van der Waals surface area contributed by atoms with Gasteiger partial charge >= 0.3 is 0 Å². The number of aliphatic hydroxyl groups is 2. The highest BCUT2D eigenvalue weighted by Gasteiger charge is 2.54. The molecule has 5 atom stereocenters. The van der Waals surface area contributed by atoms with Crippen molar-refractivity contribution in [2.45, 2.75) is 111 Å². The second kappa shape index (κ2) is 9.10. The summed E-state index contributed by atoms with van der Waals surface area (Å²) in [4.78, 5) is 0. The largest absolute Gasteiger partial charge is 0.393 e. The number of aliphatic hydroxyl groups excluding tert-OH is 1. The van der Waals surface area contributed by atoms with E-state index in [9.17, 15) is 10.2 Å². The minimum Gasteiger partial charge on any atom is -0.393 e. The third kappa shape index (κ3) is 5.07. The lowest BCUT2D eigenvalue weighted by atomic mass is 9.60. The van der Waals surface area contributed by atoms with Gasteiger partial charge in [0.05, 0.1) is 11.7 Å². The molecule has 0 aliphatic heterocycles. The van der Waals surface area contributed by atoms with E-state index >= 15 is 0 Å². The van der Waals surface area contributed by atoms with Crippen LogP contribution in [-0.2, 0) is 0 Å². The Bertz CT molecular complexity index is 666. The fourth-order valence-corrected chi connectivity index (χ4v) is 6.55. The van der Waals surface area contributed by atoms with Crippen LogP contribution in [0.5, 0.6) is 0 Å². The van der Waals surface area contributed by atoms with Gasteiger partial charge in [-0.15, -0.1) is 0 Å². The first kappa shape index (κ1) is 22.8. The SMILES string of the molecule is CC1=C(/C=C/C2=CCC[C@@]3(C)[C@H]2CC[C@@H]3[C@](C)(O)CCCC(C)C)C[C@@H](O)CC1. The van der Waals surface area contributed by atoms with E-state index < -0.39 is 5.60 Å². The van der Waals surface area contributed by atoms with Crippen molar-refractivity contribution in [3.63, 3.8) is 0 Å². The summed E-state index contributed by atoms with van der Waals surface area (Å²) in [5, 5.41) is 21.5. The van der Waals surface area contributed by atoms with Crippen molar-refractivity contribution in [3.05, 3.63) is 34.9 Å². The molecule has 3 aliphatic rings. The Labute approximate surface area is 179 Å². The molecule has 1 fully saturated rings. The second-order valence-electron chi connectivity index (χ2n) is 11.1. The maximum atomic E-state index is 11.4. The Morgan fingerprint density at radius 1 is 1.24 bits per heavy atom. The smallest absolute Gasteiger partial charge is 0.0653 e. The van der Waals surface area contributed by atoms with E-state index in [1.807, 2.05) is 0 Å². The van der Waals surface area contributed by atoms with Gasteiger partial charge in [-0.3, -0.25) is 0 Å². The summed E-state index contributed by atoms with van der Waals surface area (Å²) in [6, 6.07) is 0. The van der Waals surface area contributed by atoms with Gasteiger partial charge in [-0.2, -0.15) is 0 Å². The fourth-order valence-electron chi connectivity index (χ4n) is 6.55. The van der Waals surface area contributed by atoms with Crippen LogP contribution in [0, 0.1) is 23.2 Å². The zero-order valence-corrected chi connectivity index (χ0v) is 19.5. The third-order valence-electron chi connectivity index (χ3n) is 8.35. The molecule has 164 valence electrons. The number of rotatable bonds is 7. The minimum atomic E-state index is -0.558. The Morgan fingerprint density at radius 2 is 2.00 bits per heavy atom. The topological polar surface area (TPSA) is 40.5 Å². The maximum Gasteiger partial charge on any atom is 0.0653 e. The zero-order chi connectivity index (χ0) is 21.2. The molecule has 0 heterocycles. The van der Waals surface area contributed by atoms with Gasteiger partial charge in [-0.05, 0) is 99.5 Å². The van der Waals surface area contributed by atoms with Crippen LogP contribution in [0.4, 0.5) is 0 Å². The third-order valence-corrected chi connectivity index (χ3v) is 8.35. The molecule has 0 aromatic carbocycles. The number of fused-ring (bicyclic) bond motifs is 1. The molecule has 0 saturated heterocycles. The van der Waals surface area contributed by atoms with E-state index in [0.717, 1.165) is 44.9 Å². The van der Waals surface area contributed by atoms with Gasteiger partial charge in [-0.25, -0.2) is 0 Å². The molecule has 29 heavy (non-hydrogen) atoms. The van der Waals surface area contributed by atoms with E-state index in [0.29, 0.717) is 17.8 Å². The average molecular weight is 401 g/mol. The Morgan fingerprint density at radius 3 is 2.72 bits per heavy atom. The molecule has 0 aromatic rings. The average Bonchev–Trinajstić information content (AvgIpc) is 3.00. The van der Waals surface area contributed by atoms with Crippen LogP contribution in [0.25, 0.3) is 0 Å². The molecule has 1 saturated carbocycles. The molecular weight excluding hydrogens is 356 g/mol. The molecular formula is C27H44O2. The number of hydrogen-bond donors (Lipinski definition) is 2. The standard InChI is InChI=1S/C27H44O2/c1-19(2)8-6-17-27(5,29)25-15-14-24-21(9-7-16-26(24,25)4)11-12-22-18-23(28)13-10-20(22)3/h9,11-12,19,23-25,28-29H,6-8,10,13-18H2,1-5H3/b12-11+/t23-,24-,25-,26-,27+/m0/s1. The van der Waals surface area contributed by atoms with Crippen LogP contribution in [0.3, 0.4) is 0 Å². The maximum absolute atomic E-state index is 11.4. The van der Waals surface area contributed by atoms with Gasteiger partial charge in [-0.1, -0.05) is 57.4 Å². The first-order chi connectivity index (χ1) is 13.6. The van der Waals surface area contributed by atoms with E-state index in [2.05, 4.69) is 52.8 Å². The van der Waals surface area contributed by atoms with Gasteiger partial charge in [0, 0.05) is 0 Å². The summed E-state index contributed by atoms with van der Waals surface area (Å²) in [5.74, 6) is 1.66. The van der Waals surface area contributed by atoms with Crippen LogP contribution < -0.4 is 0 Å². The monoisotopic (exact) mass is 400 g/mol. The Hall–Kier alpha value is -0.860. The first-order valence-corrected chi connectivity index (χ1v) is 12.1. The Kier molecular flexibility index (Phi) is 7.16. The second-order valence-corrected chi connectivity index (χ2v) is 11.1. The van der Waals surface area contributed by atoms with Gasteiger partial charge in [0.2, 0.25) is 0 Å². The molecule has 0 amide bonds. The molecule has 3 rings (SSSR count). The molecule has 0 bridgehead atoms. The van der Waals surface area contributed by atoms with Crippen LogP contribution in [0.1, 0.15) is 98.8 Å². The normalized spacial score (nSPS) is 35.2. The number of allylic oxidation sites excluding steroid dienone is 5. The summed E-state index contributed by atoms with van der Waals surface area (Å²) in [6.45, 7) is 11.3. The quantitative estimate of drug-likeness (QED) is 0.497. The van der Waals surface area contributed by atoms with E-state index in [1.54, 1.807) is 0 Å². The van der Waals surface area contributed by atoms with Gasteiger partial charge < -0.3 is 10.2 Å². The number of hydrogen-bond acceptors (Lipinski definition) is 2. The lowest BCUT2D eigenvalue weighted by Crippen LogP contribution is -2.44. The van der Waals surface area contributed by atoms with Crippen molar-refractivity contribution in [3.8, 4) is 0 Å². The van der Waals surface area contributed by atoms with Crippen molar-refractivity contribution >= 4 is 0 Å². The van der Waals surface area contributed by atoms with Crippen molar-refractivity contribution in [1.29, 1.82) is 0 Å². The first-order valence-electron chi connectivity index (χ1n) is 12.1. The predicted octanol–water partition coefficient (Wildman–Crippen LogP) is 6.73. The fraction of sp³-hybridized carbons (Fsp3) is 0.778. The summed E-state index contributed by atoms with van der Waals surface area (Å²) >= 11 is 0. The van der Waals surface area contributed by atoms with E-state index in [-0.39, 0.29) is 11.5 Å². The molecule has 2 heteroatoms.